The van der Waals surface area contributed by atoms with Crippen molar-refractivity contribution in [2.75, 3.05) is 37.0 Å². The Morgan fingerprint density at radius 1 is 0.842 bits per heavy atom. The van der Waals surface area contributed by atoms with Crippen molar-refractivity contribution in [3.63, 3.8) is 0 Å². The highest BCUT2D eigenvalue weighted by Crippen LogP contribution is 2.12. The van der Waals surface area contributed by atoms with Crippen LogP contribution in [0.5, 0.6) is 0 Å². The topological polar surface area (TPSA) is 32.3 Å². The molecule has 0 fully saturated rings. The number of hydrogen-bond donors (Lipinski definition) is 0. The zero-order valence-corrected chi connectivity index (χ0v) is 11.5. The van der Waals surface area contributed by atoms with Crippen LogP contribution in [0.3, 0.4) is 0 Å². The number of aromatic nitrogens is 2. The number of anilines is 2. The minimum atomic E-state index is 1.01. The van der Waals surface area contributed by atoms with E-state index >= 15 is 0 Å². The van der Waals surface area contributed by atoms with E-state index in [0.717, 1.165) is 30.9 Å². The van der Waals surface area contributed by atoms with Crippen LogP contribution < -0.4 is 9.80 Å². The van der Waals surface area contributed by atoms with Crippen LogP contribution in [-0.4, -0.2) is 37.2 Å². The molecule has 0 unspecified atom stereocenters. The molecule has 0 aliphatic heterocycles. The van der Waals surface area contributed by atoms with Gasteiger partial charge in [0.25, 0.3) is 0 Å². The summed E-state index contributed by atoms with van der Waals surface area (Å²) >= 11 is 0. The summed E-state index contributed by atoms with van der Waals surface area (Å²) in [6, 6.07) is 8.09. The van der Waals surface area contributed by atoms with Gasteiger partial charge in [0.2, 0.25) is 0 Å². The first-order valence-electron chi connectivity index (χ1n) is 6.49. The van der Waals surface area contributed by atoms with Crippen LogP contribution in [0.15, 0.2) is 49.1 Å². The Morgan fingerprint density at radius 2 is 1.32 bits per heavy atom. The number of rotatable bonds is 6. The third-order valence-corrected chi connectivity index (χ3v) is 3.16. The monoisotopic (exact) mass is 256 g/mol. The standard InChI is InChI=1S/C15H20N4/c1-18(14-6-3-8-16-12-14)10-5-11-19(2)15-7-4-9-17-13-15/h3-4,6-9,12-13H,5,10-11H2,1-2H3. The van der Waals surface area contributed by atoms with Crippen molar-refractivity contribution in [2.24, 2.45) is 0 Å². The minimum Gasteiger partial charge on any atom is -0.373 e. The molecule has 100 valence electrons. The second kappa shape index (κ2) is 6.73. The van der Waals surface area contributed by atoms with Gasteiger partial charge in [-0.25, -0.2) is 0 Å². The lowest BCUT2D eigenvalue weighted by Gasteiger charge is -2.22. The van der Waals surface area contributed by atoms with Gasteiger partial charge >= 0.3 is 0 Å². The molecule has 0 N–H and O–H groups in total. The molecular formula is C15H20N4. The van der Waals surface area contributed by atoms with Gasteiger partial charge in [0, 0.05) is 39.6 Å². The molecule has 0 amide bonds. The average molecular weight is 256 g/mol. The highest BCUT2D eigenvalue weighted by molar-refractivity contribution is 5.43. The van der Waals surface area contributed by atoms with Crippen molar-refractivity contribution >= 4 is 11.4 Å². The van der Waals surface area contributed by atoms with E-state index in [4.69, 9.17) is 0 Å². The smallest absolute Gasteiger partial charge is 0.0550 e. The largest absolute Gasteiger partial charge is 0.373 e. The molecule has 0 saturated carbocycles. The molecule has 0 atom stereocenters. The zero-order valence-electron chi connectivity index (χ0n) is 11.5. The lowest BCUT2D eigenvalue weighted by atomic mass is 10.3. The van der Waals surface area contributed by atoms with Crippen molar-refractivity contribution in [3.8, 4) is 0 Å². The molecule has 0 spiro atoms. The predicted molar refractivity (Wildman–Crippen MR) is 79.6 cm³/mol. The summed E-state index contributed by atoms with van der Waals surface area (Å²) in [6.45, 7) is 2.02. The summed E-state index contributed by atoms with van der Waals surface area (Å²) in [7, 11) is 4.20. The minimum absolute atomic E-state index is 1.01. The Hall–Kier alpha value is -2.10. The van der Waals surface area contributed by atoms with E-state index in [9.17, 15) is 0 Å². The second-order valence-corrected chi connectivity index (χ2v) is 4.62. The predicted octanol–water partition coefficient (Wildman–Crippen LogP) is 2.44. The molecule has 19 heavy (non-hydrogen) atoms. The van der Waals surface area contributed by atoms with Crippen molar-refractivity contribution in [1.82, 2.24) is 9.97 Å². The van der Waals surface area contributed by atoms with E-state index in [1.54, 1.807) is 12.4 Å². The Balaban J connectivity index is 1.78. The molecular weight excluding hydrogens is 236 g/mol. The van der Waals surface area contributed by atoms with E-state index < -0.39 is 0 Å². The first-order valence-corrected chi connectivity index (χ1v) is 6.49. The Morgan fingerprint density at radius 3 is 1.68 bits per heavy atom. The normalized spacial score (nSPS) is 10.2. The second-order valence-electron chi connectivity index (χ2n) is 4.62. The summed E-state index contributed by atoms with van der Waals surface area (Å²) < 4.78 is 0. The Labute approximate surface area is 114 Å². The van der Waals surface area contributed by atoms with Crippen LogP contribution >= 0.6 is 0 Å². The molecule has 2 rings (SSSR count). The van der Waals surface area contributed by atoms with Crippen LogP contribution in [0, 0.1) is 0 Å². The summed E-state index contributed by atoms with van der Waals surface area (Å²) in [6.07, 6.45) is 8.48. The van der Waals surface area contributed by atoms with E-state index in [2.05, 4.69) is 46.0 Å². The third-order valence-electron chi connectivity index (χ3n) is 3.16. The highest BCUT2D eigenvalue weighted by atomic mass is 15.1. The lowest BCUT2D eigenvalue weighted by molar-refractivity contribution is 0.761. The fourth-order valence-corrected chi connectivity index (χ4v) is 1.96. The lowest BCUT2D eigenvalue weighted by Crippen LogP contribution is -2.25. The summed E-state index contributed by atoms with van der Waals surface area (Å²) in [5.74, 6) is 0. The summed E-state index contributed by atoms with van der Waals surface area (Å²) in [5.41, 5.74) is 2.32. The Bertz CT molecular complexity index is 427. The van der Waals surface area contributed by atoms with Crippen LogP contribution in [0.2, 0.25) is 0 Å². The molecule has 2 heterocycles. The number of nitrogens with zero attached hydrogens (tertiary/aromatic N) is 4. The quantitative estimate of drug-likeness (QED) is 0.794. The Kier molecular flexibility index (Phi) is 4.72. The zero-order chi connectivity index (χ0) is 13.5. The molecule has 0 aliphatic rings. The van der Waals surface area contributed by atoms with Gasteiger partial charge in [0.05, 0.1) is 23.8 Å². The molecule has 0 radical (unpaired) electrons. The van der Waals surface area contributed by atoms with Crippen LogP contribution in [-0.2, 0) is 0 Å². The maximum atomic E-state index is 4.14. The van der Waals surface area contributed by atoms with Gasteiger partial charge in [-0.1, -0.05) is 0 Å². The first-order chi connectivity index (χ1) is 9.27. The van der Waals surface area contributed by atoms with Gasteiger partial charge < -0.3 is 9.80 Å². The van der Waals surface area contributed by atoms with Gasteiger partial charge in [-0.05, 0) is 30.7 Å². The van der Waals surface area contributed by atoms with Crippen molar-refractivity contribution in [1.29, 1.82) is 0 Å². The van der Waals surface area contributed by atoms with Crippen molar-refractivity contribution in [2.45, 2.75) is 6.42 Å². The highest BCUT2D eigenvalue weighted by Gasteiger charge is 2.03. The SMILES string of the molecule is CN(CCCN(C)c1cccnc1)c1cccnc1. The van der Waals surface area contributed by atoms with Gasteiger partial charge in [-0.2, -0.15) is 0 Å². The van der Waals surface area contributed by atoms with Gasteiger partial charge in [0.15, 0.2) is 0 Å². The van der Waals surface area contributed by atoms with E-state index in [-0.39, 0.29) is 0 Å². The first kappa shape index (κ1) is 13.3. The molecule has 2 aromatic heterocycles. The van der Waals surface area contributed by atoms with Gasteiger partial charge in [-0.3, -0.25) is 9.97 Å². The average Bonchev–Trinajstić information content (AvgIpc) is 2.49. The van der Waals surface area contributed by atoms with Crippen LogP contribution in [0.25, 0.3) is 0 Å². The van der Waals surface area contributed by atoms with Crippen LogP contribution in [0.4, 0.5) is 11.4 Å². The number of pyridine rings is 2. The molecule has 0 bridgehead atoms. The molecule has 4 heteroatoms. The summed E-state index contributed by atoms with van der Waals surface area (Å²) in [5, 5.41) is 0. The molecule has 0 aliphatic carbocycles. The maximum absolute atomic E-state index is 4.14. The summed E-state index contributed by atoms with van der Waals surface area (Å²) in [4.78, 5) is 12.7. The fraction of sp³-hybridized carbons (Fsp3) is 0.333. The van der Waals surface area contributed by atoms with Gasteiger partial charge in [-0.15, -0.1) is 0 Å². The molecule has 0 saturated heterocycles. The van der Waals surface area contributed by atoms with E-state index in [0.29, 0.717) is 0 Å². The fourth-order valence-electron chi connectivity index (χ4n) is 1.96. The van der Waals surface area contributed by atoms with Crippen molar-refractivity contribution in [3.05, 3.63) is 49.1 Å². The number of hydrogen-bond acceptors (Lipinski definition) is 4. The maximum Gasteiger partial charge on any atom is 0.0550 e. The van der Waals surface area contributed by atoms with E-state index in [1.807, 2.05) is 24.5 Å². The molecule has 2 aromatic rings. The van der Waals surface area contributed by atoms with Gasteiger partial charge in [0.1, 0.15) is 0 Å². The molecule has 4 nitrogen and oxygen atoms in total. The van der Waals surface area contributed by atoms with Crippen molar-refractivity contribution < 1.29 is 0 Å². The third kappa shape index (κ3) is 3.95. The van der Waals surface area contributed by atoms with Crippen LogP contribution in [0.1, 0.15) is 6.42 Å². The molecule has 0 aromatic carbocycles. The van der Waals surface area contributed by atoms with E-state index in [1.165, 1.54) is 0 Å².